The molecule has 1 aliphatic heterocycles. The molecule has 38 heavy (non-hydrogen) atoms. The molecule has 1 aliphatic rings. The van der Waals surface area contributed by atoms with E-state index in [1.54, 1.807) is 6.92 Å². The molecule has 0 unspecified atom stereocenters. The summed E-state index contributed by atoms with van der Waals surface area (Å²) in [7, 11) is 2.91. The van der Waals surface area contributed by atoms with Gasteiger partial charge in [-0.15, -0.1) is 0 Å². The molecule has 3 aromatic heterocycles. The lowest BCUT2D eigenvalue weighted by Gasteiger charge is -2.34. The topological polar surface area (TPSA) is 140 Å². The third-order valence-electron chi connectivity index (χ3n) is 7.67. The van der Waals surface area contributed by atoms with E-state index in [2.05, 4.69) is 9.55 Å². The maximum atomic E-state index is 13.5. The third-order valence-corrected chi connectivity index (χ3v) is 7.67. The Morgan fingerprint density at radius 3 is 2.63 bits per heavy atom. The van der Waals surface area contributed by atoms with Gasteiger partial charge in [-0.25, -0.2) is 14.8 Å². The van der Waals surface area contributed by atoms with Crippen LogP contribution in [0, 0.1) is 0 Å². The normalized spacial score (nSPS) is 22.3. The van der Waals surface area contributed by atoms with E-state index in [0.29, 0.717) is 6.42 Å². The van der Waals surface area contributed by atoms with E-state index < -0.39 is 29.0 Å². The van der Waals surface area contributed by atoms with Crippen LogP contribution in [0.5, 0.6) is 0 Å². The number of fused-ring (bicyclic) bond motifs is 2. The predicted octanol–water partition coefficient (Wildman–Crippen LogP) is 0.321. The van der Waals surface area contributed by atoms with Crippen LogP contribution in [0.4, 0.5) is 0 Å². The first-order valence-electron chi connectivity index (χ1n) is 12.8. The van der Waals surface area contributed by atoms with Crippen LogP contribution in [0.25, 0.3) is 22.2 Å². The quantitative estimate of drug-likeness (QED) is 0.384. The second-order valence-electron chi connectivity index (χ2n) is 10.3. The van der Waals surface area contributed by atoms with Gasteiger partial charge >= 0.3 is 5.69 Å². The van der Waals surface area contributed by atoms with Crippen molar-refractivity contribution in [1.29, 1.82) is 0 Å². The summed E-state index contributed by atoms with van der Waals surface area (Å²) in [4.78, 5) is 49.4. The molecule has 1 aromatic carbocycles. The monoisotopic (exact) mass is 523 g/mol. The number of aliphatic hydroxyl groups excluding tert-OH is 1. The van der Waals surface area contributed by atoms with Crippen molar-refractivity contribution < 1.29 is 15.0 Å². The number of β-amino-alcohol motifs (C(OH)–C–C–N with tert-alkyl or cyclic N) is 1. The van der Waals surface area contributed by atoms with Crippen LogP contribution in [0.2, 0.25) is 0 Å². The van der Waals surface area contributed by atoms with Crippen LogP contribution in [-0.4, -0.2) is 74.1 Å². The van der Waals surface area contributed by atoms with Gasteiger partial charge in [0.2, 0.25) is 5.91 Å². The average Bonchev–Trinajstić information content (AvgIpc) is 3.44. The van der Waals surface area contributed by atoms with Crippen LogP contribution in [0.3, 0.4) is 0 Å². The molecule has 12 heteroatoms. The highest BCUT2D eigenvalue weighted by Crippen LogP contribution is 2.33. The number of aromatic nitrogens is 6. The molecular weight excluding hydrogens is 490 g/mol. The molecule has 12 nitrogen and oxygen atoms in total. The van der Waals surface area contributed by atoms with E-state index in [9.17, 15) is 24.6 Å². The first-order valence-corrected chi connectivity index (χ1v) is 12.8. The van der Waals surface area contributed by atoms with Gasteiger partial charge in [-0.1, -0.05) is 12.1 Å². The number of nitrogens with zero attached hydrogens (tertiary/aromatic N) is 7. The average molecular weight is 524 g/mol. The minimum atomic E-state index is -1.46. The Hall–Kier alpha value is -3.77. The van der Waals surface area contributed by atoms with Crippen molar-refractivity contribution in [1.82, 2.24) is 33.1 Å². The largest absolute Gasteiger partial charge is 0.391 e. The predicted molar refractivity (Wildman–Crippen MR) is 141 cm³/mol. The minimum absolute atomic E-state index is 0.00116. The molecule has 0 bridgehead atoms. The van der Waals surface area contributed by atoms with E-state index in [-0.39, 0.29) is 43.0 Å². The Balaban J connectivity index is 1.46. The lowest BCUT2D eigenvalue weighted by Crippen LogP contribution is -2.44. The van der Waals surface area contributed by atoms with Gasteiger partial charge in [-0.2, -0.15) is 0 Å². The van der Waals surface area contributed by atoms with Crippen LogP contribution in [0.1, 0.15) is 38.6 Å². The summed E-state index contributed by atoms with van der Waals surface area (Å²) in [6.45, 7) is 4.45. The third kappa shape index (κ3) is 4.23. The van der Waals surface area contributed by atoms with E-state index >= 15 is 0 Å². The highest BCUT2D eigenvalue weighted by molar-refractivity contribution is 5.78. The smallest absolute Gasteiger partial charge is 0.332 e. The number of hydrogen-bond donors (Lipinski definition) is 2. The Labute approximate surface area is 218 Å². The van der Waals surface area contributed by atoms with Crippen molar-refractivity contribution in [3.63, 3.8) is 0 Å². The molecule has 5 rings (SSSR count). The fourth-order valence-corrected chi connectivity index (χ4v) is 5.65. The maximum absolute atomic E-state index is 13.5. The SMILES string of the molecule is CCn1c(CCC(=O)N2C[C@@H](O)C[C@@](C)(O)[C@H](n3cnc4c3c(=O)n(C)c(=O)n4C)C2)nc2ccccc21. The molecule has 1 fully saturated rings. The molecular formula is C26H33N7O5. The molecule has 2 N–H and O–H groups in total. The number of benzene rings is 1. The van der Waals surface area contributed by atoms with Gasteiger partial charge in [0.05, 0.1) is 35.1 Å². The van der Waals surface area contributed by atoms with Crippen molar-refractivity contribution >= 4 is 28.1 Å². The van der Waals surface area contributed by atoms with E-state index in [1.165, 1.54) is 34.5 Å². The standard InChI is InChI=1S/C26H33N7O5/c1-5-32-18-9-7-6-8-17(18)28-20(32)10-11-21(35)31-13-16(34)12-26(2,38)19(14-31)33-15-27-23-22(33)24(36)30(4)25(37)29(23)3/h6-9,15-16,19,34,38H,5,10-14H2,1-4H3/t16-,19+,26+/m0/s1. The van der Waals surface area contributed by atoms with Gasteiger partial charge in [-0.3, -0.25) is 18.7 Å². The zero-order valence-electron chi connectivity index (χ0n) is 22.0. The zero-order valence-corrected chi connectivity index (χ0v) is 22.0. The number of rotatable bonds is 5. The van der Waals surface area contributed by atoms with E-state index in [0.717, 1.165) is 28.0 Å². The Morgan fingerprint density at radius 2 is 1.89 bits per heavy atom. The Bertz CT molecular complexity index is 1640. The number of imidazole rings is 2. The molecule has 0 spiro atoms. The number of carbonyl (C=O) groups is 1. The van der Waals surface area contributed by atoms with Crippen molar-refractivity contribution in [3.8, 4) is 0 Å². The molecule has 3 atom stereocenters. The number of para-hydroxylation sites is 2. The van der Waals surface area contributed by atoms with Gasteiger partial charge in [0.15, 0.2) is 11.2 Å². The zero-order chi connectivity index (χ0) is 27.4. The van der Waals surface area contributed by atoms with Crippen molar-refractivity contribution in [2.24, 2.45) is 14.1 Å². The fourth-order valence-electron chi connectivity index (χ4n) is 5.65. The summed E-state index contributed by atoms with van der Waals surface area (Å²) in [5.74, 6) is 0.622. The highest BCUT2D eigenvalue weighted by atomic mass is 16.3. The number of carbonyl (C=O) groups excluding carboxylic acids is 1. The molecule has 4 aromatic rings. The number of aryl methyl sites for hydroxylation is 3. The Morgan fingerprint density at radius 1 is 1.16 bits per heavy atom. The molecule has 1 saturated heterocycles. The highest BCUT2D eigenvalue weighted by Gasteiger charge is 2.42. The summed E-state index contributed by atoms with van der Waals surface area (Å²) in [6.07, 6.45) is 1.05. The molecule has 0 saturated carbocycles. The molecule has 1 amide bonds. The van der Waals surface area contributed by atoms with E-state index in [1.807, 2.05) is 31.2 Å². The first kappa shape index (κ1) is 25.9. The molecule has 0 radical (unpaired) electrons. The van der Waals surface area contributed by atoms with Crippen molar-refractivity contribution in [2.75, 3.05) is 13.1 Å². The number of aliphatic hydroxyl groups is 2. The minimum Gasteiger partial charge on any atom is -0.391 e. The van der Waals surface area contributed by atoms with Crippen molar-refractivity contribution in [2.45, 2.75) is 57.4 Å². The van der Waals surface area contributed by atoms with Gasteiger partial charge < -0.3 is 24.2 Å². The summed E-state index contributed by atoms with van der Waals surface area (Å²) in [5.41, 5.74) is -0.278. The van der Waals surface area contributed by atoms with E-state index in [4.69, 9.17) is 4.98 Å². The molecule has 4 heterocycles. The summed E-state index contributed by atoms with van der Waals surface area (Å²) in [6, 6.07) is 7.06. The number of amides is 1. The Kier molecular flexibility index (Phi) is 6.48. The fraction of sp³-hybridized carbons (Fsp3) is 0.500. The molecule has 0 aliphatic carbocycles. The summed E-state index contributed by atoms with van der Waals surface area (Å²) >= 11 is 0. The summed E-state index contributed by atoms with van der Waals surface area (Å²) < 4.78 is 5.89. The molecule has 202 valence electrons. The first-order chi connectivity index (χ1) is 18.0. The van der Waals surface area contributed by atoms with Crippen LogP contribution >= 0.6 is 0 Å². The number of hydrogen-bond acceptors (Lipinski definition) is 7. The second kappa shape index (κ2) is 9.52. The summed E-state index contributed by atoms with van der Waals surface area (Å²) in [5, 5.41) is 22.1. The lowest BCUT2D eigenvalue weighted by molar-refractivity contribution is -0.132. The van der Waals surface area contributed by atoms with Gasteiger partial charge in [0, 0.05) is 53.0 Å². The van der Waals surface area contributed by atoms with Crippen LogP contribution in [-0.2, 0) is 31.9 Å². The van der Waals surface area contributed by atoms with Gasteiger partial charge in [0.25, 0.3) is 5.56 Å². The van der Waals surface area contributed by atoms with Gasteiger partial charge in [0.1, 0.15) is 5.82 Å². The maximum Gasteiger partial charge on any atom is 0.332 e. The lowest BCUT2D eigenvalue weighted by atomic mass is 9.91. The van der Waals surface area contributed by atoms with Gasteiger partial charge in [-0.05, 0) is 26.0 Å². The number of likely N-dealkylation sites (tertiary alicyclic amines) is 1. The van der Waals surface area contributed by atoms with Crippen LogP contribution < -0.4 is 11.2 Å². The van der Waals surface area contributed by atoms with Crippen LogP contribution in [0.15, 0.2) is 40.2 Å². The second-order valence-corrected chi connectivity index (χ2v) is 10.3. The van der Waals surface area contributed by atoms with Crippen molar-refractivity contribution in [3.05, 3.63) is 57.3 Å².